The van der Waals surface area contributed by atoms with Crippen molar-refractivity contribution < 1.29 is 4.57 Å². The Morgan fingerprint density at radius 3 is 0.870 bits per heavy atom. The topological polar surface area (TPSA) is 3.88 Å². The molecule has 0 bridgehead atoms. The summed E-state index contributed by atoms with van der Waals surface area (Å²) in [6, 6.07) is 4.86. The van der Waals surface area contributed by atoms with Crippen molar-refractivity contribution in [2.75, 3.05) is 0 Å². The van der Waals surface area contributed by atoms with Gasteiger partial charge in [0.25, 0.3) is 0 Å². The zero-order valence-electron chi connectivity index (χ0n) is 38.0. The largest absolute Gasteiger partial charge is 0.202 e. The maximum Gasteiger partial charge on any atom is 0.184 e. The Balaban J connectivity index is 2.32. The smallest absolute Gasteiger partial charge is 0.184 e. The molecule has 1 nitrogen and oxygen atoms in total. The molecule has 318 valence electrons. The molecule has 0 aliphatic rings. The van der Waals surface area contributed by atoms with Crippen LogP contribution in [-0.4, -0.2) is 0 Å². The molecule has 0 aromatic carbocycles. The van der Waals surface area contributed by atoms with Gasteiger partial charge in [-0.05, 0) is 31.7 Å². The van der Waals surface area contributed by atoms with Crippen LogP contribution in [0.5, 0.6) is 0 Å². The SMILES string of the molecule is CCCCCCCCCCCCCCCCCC[n+]1cccc(CCCCCCCCCCCCCCC)c1CCCCCCCCCCCCCCC. The van der Waals surface area contributed by atoms with Crippen LogP contribution < -0.4 is 4.57 Å². The van der Waals surface area contributed by atoms with Crippen molar-refractivity contribution in [3.05, 3.63) is 29.6 Å². The predicted octanol–water partition coefficient (Wildman–Crippen LogP) is 18.5. The summed E-state index contributed by atoms with van der Waals surface area (Å²) in [5.74, 6) is 0. The van der Waals surface area contributed by atoms with Crippen LogP contribution in [0.3, 0.4) is 0 Å². The third-order valence-electron chi connectivity index (χ3n) is 12.6. The van der Waals surface area contributed by atoms with Crippen molar-refractivity contribution in [3.63, 3.8) is 0 Å². The van der Waals surface area contributed by atoms with Crippen molar-refractivity contribution in [1.29, 1.82) is 0 Å². The highest BCUT2D eigenvalue weighted by molar-refractivity contribution is 5.16. The Morgan fingerprint density at radius 2 is 0.556 bits per heavy atom. The zero-order valence-corrected chi connectivity index (χ0v) is 38.0. The first-order chi connectivity index (χ1) is 26.8. The lowest BCUT2D eigenvalue weighted by Crippen LogP contribution is -2.39. The molecule has 1 heterocycles. The lowest BCUT2D eigenvalue weighted by molar-refractivity contribution is -0.705. The van der Waals surface area contributed by atoms with Gasteiger partial charge in [0.05, 0.1) is 0 Å². The third kappa shape index (κ3) is 34.4. The molecule has 0 aliphatic carbocycles. The molecular formula is C53H102N+. The molecule has 0 radical (unpaired) electrons. The van der Waals surface area contributed by atoms with Gasteiger partial charge in [0.1, 0.15) is 6.54 Å². The summed E-state index contributed by atoms with van der Waals surface area (Å²) in [5.41, 5.74) is 3.37. The number of nitrogens with zero attached hydrogens (tertiary/aromatic N) is 1. The van der Waals surface area contributed by atoms with Crippen molar-refractivity contribution in [1.82, 2.24) is 0 Å². The molecule has 1 aromatic rings. The van der Waals surface area contributed by atoms with Gasteiger partial charge in [0.2, 0.25) is 0 Å². The molecule has 1 aromatic heterocycles. The molecular weight excluding hydrogens is 651 g/mol. The van der Waals surface area contributed by atoms with Crippen LogP contribution in [0.1, 0.15) is 302 Å². The van der Waals surface area contributed by atoms with E-state index >= 15 is 0 Å². The Labute approximate surface area is 342 Å². The van der Waals surface area contributed by atoms with E-state index in [1.807, 2.05) is 0 Å². The molecule has 0 unspecified atom stereocenters. The summed E-state index contributed by atoms with van der Waals surface area (Å²) in [6.45, 7) is 8.19. The molecule has 0 fully saturated rings. The molecule has 0 amide bonds. The van der Waals surface area contributed by atoms with Gasteiger partial charge in [-0.25, -0.2) is 4.57 Å². The van der Waals surface area contributed by atoms with E-state index in [0.717, 1.165) is 0 Å². The lowest BCUT2D eigenvalue weighted by atomic mass is 9.99. The van der Waals surface area contributed by atoms with Crippen LogP contribution >= 0.6 is 0 Å². The number of aromatic nitrogens is 1. The Bertz CT molecular complexity index is 844. The average molecular weight is 753 g/mol. The van der Waals surface area contributed by atoms with Gasteiger partial charge >= 0.3 is 0 Å². The van der Waals surface area contributed by atoms with E-state index in [9.17, 15) is 0 Å². The second-order valence-corrected chi connectivity index (χ2v) is 18.0. The van der Waals surface area contributed by atoms with Crippen molar-refractivity contribution in [2.24, 2.45) is 0 Å². The minimum absolute atomic E-state index is 1.23. The van der Waals surface area contributed by atoms with Crippen molar-refractivity contribution in [3.8, 4) is 0 Å². The predicted molar refractivity (Wildman–Crippen MR) is 245 cm³/mol. The summed E-state index contributed by atoms with van der Waals surface area (Å²) in [4.78, 5) is 0. The highest BCUT2D eigenvalue weighted by atomic mass is 15.0. The Kier molecular flexibility index (Phi) is 41.0. The second-order valence-electron chi connectivity index (χ2n) is 18.0. The molecule has 1 heteroatoms. The monoisotopic (exact) mass is 753 g/mol. The van der Waals surface area contributed by atoms with Crippen LogP contribution in [0.2, 0.25) is 0 Å². The van der Waals surface area contributed by atoms with E-state index < -0.39 is 0 Å². The average Bonchev–Trinajstić information content (AvgIpc) is 3.18. The molecule has 1 rings (SSSR count). The number of rotatable bonds is 45. The van der Waals surface area contributed by atoms with Crippen LogP contribution in [0.4, 0.5) is 0 Å². The summed E-state index contributed by atoms with van der Waals surface area (Å²) >= 11 is 0. The summed E-state index contributed by atoms with van der Waals surface area (Å²) in [7, 11) is 0. The van der Waals surface area contributed by atoms with E-state index in [1.165, 1.54) is 289 Å². The molecule has 0 aliphatic heterocycles. The highest BCUT2D eigenvalue weighted by Crippen LogP contribution is 2.19. The van der Waals surface area contributed by atoms with Gasteiger partial charge in [-0.15, -0.1) is 0 Å². The van der Waals surface area contributed by atoms with Gasteiger partial charge < -0.3 is 0 Å². The van der Waals surface area contributed by atoms with E-state index in [4.69, 9.17) is 0 Å². The Morgan fingerprint density at radius 1 is 0.296 bits per heavy atom. The van der Waals surface area contributed by atoms with Gasteiger partial charge in [0.15, 0.2) is 11.9 Å². The Hall–Kier alpha value is -0.850. The van der Waals surface area contributed by atoms with Gasteiger partial charge in [-0.1, -0.05) is 265 Å². The fourth-order valence-corrected chi connectivity index (χ4v) is 8.85. The van der Waals surface area contributed by atoms with Crippen LogP contribution in [0.25, 0.3) is 0 Å². The standard InChI is InChI=1S/C53H102N/c1-4-7-10-13-16-19-22-25-26-27-30-33-36-39-42-45-50-54-51-46-48-52(47-43-40-37-34-31-28-23-20-17-14-11-8-5-2)53(54)49-44-41-38-35-32-29-24-21-18-15-12-9-6-3/h46,48,51H,4-45,47,49-50H2,1-3H3/q+1. The summed E-state index contributed by atoms with van der Waals surface area (Å²) in [5, 5.41) is 0. The normalized spacial score (nSPS) is 11.6. The maximum atomic E-state index is 2.70. The summed E-state index contributed by atoms with van der Waals surface area (Å²) < 4.78 is 2.70. The first-order valence-corrected chi connectivity index (χ1v) is 25.8. The fraction of sp³-hybridized carbons (Fsp3) is 0.906. The van der Waals surface area contributed by atoms with Crippen LogP contribution in [0.15, 0.2) is 18.3 Å². The summed E-state index contributed by atoms with van der Waals surface area (Å²) in [6.07, 6.45) is 65.7. The van der Waals surface area contributed by atoms with Gasteiger partial charge in [-0.2, -0.15) is 0 Å². The molecule has 0 atom stereocenters. The maximum absolute atomic E-state index is 2.70. The van der Waals surface area contributed by atoms with Gasteiger partial charge in [-0.3, -0.25) is 0 Å². The van der Waals surface area contributed by atoms with Crippen molar-refractivity contribution >= 4 is 0 Å². The van der Waals surface area contributed by atoms with E-state index in [1.54, 1.807) is 11.3 Å². The third-order valence-corrected chi connectivity index (χ3v) is 12.6. The van der Waals surface area contributed by atoms with E-state index in [2.05, 4.69) is 43.7 Å². The minimum atomic E-state index is 1.23. The number of aryl methyl sites for hydroxylation is 2. The van der Waals surface area contributed by atoms with Crippen LogP contribution in [0, 0.1) is 0 Å². The first kappa shape index (κ1) is 51.2. The molecule has 0 spiro atoms. The molecule has 54 heavy (non-hydrogen) atoms. The number of hydrogen-bond donors (Lipinski definition) is 0. The highest BCUT2D eigenvalue weighted by Gasteiger charge is 2.15. The number of pyridine rings is 1. The number of hydrogen-bond acceptors (Lipinski definition) is 0. The molecule has 0 saturated carbocycles. The van der Waals surface area contributed by atoms with Crippen LogP contribution in [-0.2, 0) is 19.4 Å². The minimum Gasteiger partial charge on any atom is -0.202 e. The van der Waals surface area contributed by atoms with Gasteiger partial charge in [0, 0.05) is 24.5 Å². The fourth-order valence-electron chi connectivity index (χ4n) is 8.85. The van der Waals surface area contributed by atoms with E-state index in [-0.39, 0.29) is 0 Å². The molecule has 0 saturated heterocycles. The molecule has 0 N–H and O–H groups in total. The quantitative estimate of drug-likeness (QED) is 0.0461. The number of unbranched alkanes of at least 4 members (excludes halogenated alkanes) is 39. The van der Waals surface area contributed by atoms with Crippen molar-refractivity contribution in [2.45, 2.75) is 310 Å². The first-order valence-electron chi connectivity index (χ1n) is 25.8. The second kappa shape index (κ2) is 43.3. The zero-order chi connectivity index (χ0) is 38.7. The van der Waals surface area contributed by atoms with E-state index in [0.29, 0.717) is 0 Å². The lowest BCUT2D eigenvalue weighted by Gasteiger charge is -2.11.